The quantitative estimate of drug-likeness (QED) is 0.506. The van der Waals surface area contributed by atoms with Crippen LogP contribution in [0.4, 0.5) is 4.39 Å². The first-order valence-corrected chi connectivity index (χ1v) is 11.1. The van der Waals surface area contributed by atoms with E-state index < -0.39 is 0 Å². The molecule has 166 valence electrons. The molecule has 32 heavy (non-hydrogen) atoms. The van der Waals surface area contributed by atoms with E-state index >= 15 is 0 Å². The minimum atomic E-state index is -0.378. The zero-order chi connectivity index (χ0) is 22.2. The third-order valence-electron chi connectivity index (χ3n) is 5.87. The number of hydrogen-bond acceptors (Lipinski definition) is 4. The molecule has 1 aromatic heterocycles. The lowest BCUT2D eigenvalue weighted by atomic mass is 9.93. The minimum absolute atomic E-state index is 0.0688. The van der Waals surface area contributed by atoms with Crippen molar-refractivity contribution in [2.24, 2.45) is 5.92 Å². The molecule has 0 saturated carbocycles. The van der Waals surface area contributed by atoms with Gasteiger partial charge < -0.3 is 10.1 Å². The summed E-state index contributed by atoms with van der Waals surface area (Å²) in [6.07, 6.45) is 4.55. The second-order valence-corrected chi connectivity index (χ2v) is 8.16. The molecule has 0 radical (unpaired) electrons. The van der Waals surface area contributed by atoms with E-state index in [0.717, 1.165) is 38.1 Å². The average Bonchev–Trinajstić information content (AvgIpc) is 2.83. The number of pyridine rings is 1. The highest BCUT2D eigenvalue weighted by Crippen LogP contribution is 2.23. The predicted octanol–water partition coefficient (Wildman–Crippen LogP) is 5.05. The van der Waals surface area contributed by atoms with Crippen LogP contribution in [0.3, 0.4) is 0 Å². The largest absolute Gasteiger partial charge is 0.457 e. The number of nitrogens with zero attached hydrogens (tertiary/aromatic N) is 2. The summed E-state index contributed by atoms with van der Waals surface area (Å²) in [4.78, 5) is 18.4. The number of amides is 1. The van der Waals surface area contributed by atoms with Crippen LogP contribution in [-0.2, 0) is 6.54 Å². The zero-order valence-electron chi connectivity index (χ0n) is 18.0. The van der Waals surface area contributed by atoms with Crippen molar-refractivity contribution in [2.75, 3.05) is 19.6 Å². The summed E-state index contributed by atoms with van der Waals surface area (Å²) in [5.41, 5.74) is 1.28. The smallest absolute Gasteiger partial charge is 0.251 e. The molecule has 0 atom stereocenters. The van der Waals surface area contributed by atoms with E-state index in [-0.39, 0.29) is 11.9 Å². The molecule has 0 unspecified atom stereocenters. The summed E-state index contributed by atoms with van der Waals surface area (Å²) in [5.74, 6) is 1.59. The van der Waals surface area contributed by atoms with Crippen LogP contribution in [0.15, 0.2) is 72.9 Å². The molecular weight excluding hydrogens is 405 g/mol. The fourth-order valence-corrected chi connectivity index (χ4v) is 4.00. The van der Waals surface area contributed by atoms with Crippen molar-refractivity contribution in [1.29, 1.82) is 0 Å². The Morgan fingerprint density at radius 2 is 1.72 bits per heavy atom. The average molecular weight is 434 g/mol. The Bertz CT molecular complexity index is 1000. The van der Waals surface area contributed by atoms with E-state index in [1.807, 2.05) is 42.5 Å². The fraction of sp³-hybridized carbons (Fsp3) is 0.308. The Balaban J connectivity index is 1.16. The second kappa shape index (κ2) is 10.9. The number of nitrogens with one attached hydrogen (secondary N) is 1. The van der Waals surface area contributed by atoms with Gasteiger partial charge in [-0.2, -0.15) is 4.39 Å². The Hall–Kier alpha value is -3.25. The summed E-state index contributed by atoms with van der Waals surface area (Å²) in [5, 5.41) is 3.02. The Kier molecular flexibility index (Phi) is 7.46. The van der Waals surface area contributed by atoms with Gasteiger partial charge in [-0.05, 0) is 80.7 Å². The monoisotopic (exact) mass is 433 g/mol. The number of rotatable bonds is 8. The van der Waals surface area contributed by atoms with Gasteiger partial charge >= 0.3 is 0 Å². The molecule has 1 aliphatic rings. The first kappa shape index (κ1) is 22.0. The normalized spacial score (nSPS) is 14.8. The molecule has 2 heterocycles. The molecule has 6 heteroatoms. The van der Waals surface area contributed by atoms with Crippen LogP contribution < -0.4 is 10.1 Å². The lowest BCUT2D eigenvalue weighted by Crippen LogP contribution is -2.35. The standard InChI is InChI=1S/C26H28FN3O2/c27-25-22(5-4-15-28-25)19-30-17-13-20(14-18-30)12-16-29-26(31)21-8-10-24(11-9-21)32-23-6-2-1-3-7-23/h1-11,15,20H,12-14,16-19H2,(H,29,31). The van der Waals surface area contributed by atoms with E-state index in [0.29, 0.717) is 35.9 Å². The summed E-state index contributed by atoms with van der Waals surface area (Å²) in [6.45, 7) is 3.14. The summed E-state index contributed by atoms with van der Waals surface area (Å²) >= 11 is 0. The lowest BCUT2D eigenvalue weighted by molar-refractivity contribution is 0.0947. The van der Waals surface area contributed by atoms with Crippen molar-refractivity contribution in [3.63, 3.8) is 0 Å². The van der Waals surface area contributed by atoms with E-state index in [4.69, 9.17) is 4.74 Å². The molecule has 0 aliphatic carbocycles. The summed E-state index contributed by atoms with van der Waals surface area (Å²) < 4.78 is 19.5. The van der Waals surface area contributed by atoms with Gasteiger partial charge in [-0.1, -0.05) is 24.3 Å². The van der Waals surface area contributed by atoms with Gasteiger partial charge in [-0.3, -0.25) is 9.69 Å². The van der Waals surface area contributed by atoms with Crippen molar-refractivity contribution >= 4 is 5.91 Å². The number of ether oxygens (including phenoxy) is 1. The molecule has 4 rings (SSSR count). The van der Waals surface area contributed by atoms with Crippen LogP contribution in [0.25, 0.3) is 0 Å². The summed E-state index contributed by atoms with van der Waals surface area (Å²) in [6, 6.07) is 20.3. The molecule has 0 spiro atoms. The van der Waals surface area contributed by atoms with Crippen molar-refractivity contribution in [2.45, 2.75) is 25.8 Å². The second-order valence-electron chi connectivity index (χ2n) is 8.16. The number of carbonyl (C=O) groups excluding carboxylic acids is 1. The number of benzene rings is 2. The Labute approximate surface area is 188 Å². The van der Waals surface area contributed by atoms with E-state index in [1.165, 1.54) is 6.20 Å². The van der Waals surface area contributed by atoms with Crippen molar-refractivity contribution in [1.82, 2.24) is 15.2 Å². The molecule has 1 saturated heterocycles. The van der Waals surface area contributed by atoms with Gasteiger partial charge in [0.05, 0.1) is 0 Å². The molecule has 2 aromatic carbocycles. The Morgan fingerprint density at radius 3 is 2.44 bits per heavy atom. The van der Waals surface area contributed by atoms with Gasteiger partial charge in [-0.25, -0.2) is 4.98 Å². The number of piperidine rings is 1. The highest BCUT2D eigenvalue weighted by atomic mass is 19.1. The molecule has 1 aliphatic heterocycles. The number of aromatic nitrogens is 1. The van der Waals surface area contributed by atoms with Crippen molar-refractivity contribution in [3.8, 4) is 11.5 Å². The van der Waals surface area contributed by atoms with Gasteiger partial charge in [0, 0.05) is 30.4 Å². The first-order valence-electron chi connectivity index (χ1n) is 11.1. The maximum Gasteiger partial charge on any atom is 0.251 e. The van der Waals surface area contributed by atoms with Crippen LogP contribution in [0, 0.1) is 11.9 Å². The van der Waals surface area contributed by atoms with Crippen molar-refractivity contribution in [3.05, 3.63) is 90.0 Å². The first-order chi connectivity index (χ1) is 15.7. The van der Waals surface area contributed by atoms with Gasteiger partial charge in [0.1, 0.15) is 11.5 Å². The van der Waals surface area contributed by atoms with Crippen molar-refractivity contribution < 1.29 is 13.9 Å². The zero-order valence-corrected chi connectivity index (χ0v) is 18.0. The van der Waals surface area contributed by atoms with Crippen LogP contribution in [0.1, 0.15) is 35.2 Å². The third-order valence-corrected chi connectivity index (χ3v) is 5.87. The minimum Gasteiger partial charge on any atom is -0.457 e. The van der Waals surface area contributed by atoms with E-state index in [9.17, 15) is 9.18 Å². The van der Waals surface area contributed by atoms with Gasteiger partial charge in [0.25, 0.3) is 5.91 Å². The Morgan fingerprint density at radius 1 is 1.00 bits per heavy atom. The third kappa shape index (κ3) is 6.14. The molecule has 1 amide bonds. The molecule has 0 bridgehead atoms. The molecule has 5 nitrogen and oxygen atoms in total. The SMILES string of the molecule is O=C(NCCC1CCN(Cc2cccnc2F)CC1)c1ccc(Oc2ccccc2)cc1. The maximum atomic E-state index is 13.7. The number of halogens is 1. The summed E-state index contributed by atoms with van der Waals surface area (Å²) in [7, 11) is 0. The molecule has 1 N–H and O–H groups in total. The van der Waals surface area contributed by atoms with Crippen LogP contribution in [0.2, 0.25) is 0 Å². The maximum absolute atomic E-state index is 13.7. The topological polar surface area (TPSA) is 54.5 Å². The number of hydrogen-bond donors (Lipinski definition) is 1. The highest BCUT2D eigenvalue weighted by Gasteiger charge is 2.20. The molecule has 3 aromatic rings. The molecule has 1 fully saturated rings. The van der Waals surface area contributed by atoms with Crippen LogP contribution >= 0.6 is 0 Å². The predicted molar refractivity (Wildman–Crippen MR) is 122 cm³/mol. The van der Waals surface area contributed by atoms with Gasteiger partial charge in [-0.15, -0.1) is 0 Å². The highest BCUT2D eigenvalue weighted by molar-refractivity contribution is 5.94. The number of carbonyl (C=O) groups is 1. The number of likely N-dealkylation sites (tertiary alicyclic amines) is 1. The molecular formula is C26H28FN3O2. The van der Waals surface area contributed by atoms with Gasteiger partial charge in [0.2, 0.25) is 5.95 Å². The fourth-order valence-electron chi connectivity index (χ4n) is 4.00. The van der Waals surface area contributed by atoms with E-state index in [2.05, 4.69) is 15.2 Å². The lowest BCUT2D eigenvalue weighted by Gasteiger charge is -2.32. The number of para-hydroxylation sites is 1. The van der Waals surface area contributed by atoms with Gasteiger partial charge in [0.15, 0.2) is 0 Å². The van der Waals surface area contributed by atoms with E-state index in [1.54, 1.807) is 24.3 Å². The van der Waals surface area contributed by atoms with Crippen LogP contribution in [-0.4, -0.2) is 35.4 Å². The van der Waals surface area contributed by atoms with Crippen LogP contribution in [0.5, 0.6) is 11.5 Å².